The van der Waals surface area contributed by atoms with Gasteiger partial charge in [-0.15, -0.1) is 11.8 Å². The molecule has 0 radical (unpaired) electrons. The molecule has 4 heteroatoms. The number of nitrogens with zero attached hydrogens (tertiary/aromatic N) is 1. The summed E-state index contributed by atoms with van der Waals surface area (Å²) in [7, 11) is 3.51. The zero-order valence-electron chi connectivity index (χ0n) is 11.4. The second-order valence-electron chi connectivity index (χ2n) is 4.51. The third-order valence-electron chi connectivity index (χ3n) is 2.67. The van der Waals surface area contributed by atoms with Gasteiger partial charge >= 0.3 is 0 Å². The Balaban J connectivity index is 2.72. The molecule has 0 fully saturated rings. The predicted molar refractivity (Wildman–Crippen MR) is 79.1 cm³/mol. The minimum Gasteiger partial charge on any atom is -0.398 e. The maximum Gasteiger partial charge on any atom is 0.253 e. The summed E-state index contributed by atoms with van der Waals surface area (Å²) in [6.07, 6.45) is 3.64. The number of carbonyl (C=O) groups is 1. The van der Waals surface area contributed by atoms with Crippen molar-refractivity contribution >= 4 is 23.4 Å². The van der Waals surface area contributed by atoms with Crippen LogP contribution in [0.15, 0.2) is 23.1 Å². The van der Waals surface area contributed by atoms with Crippen LogP contribution in [-0.4, -0.2) is 30.7 Å². The van der Waals surface area contributed by atoms with Crippen LogP contribution in [0.1, 0.15) is 36.5 Å². The molecule has 100 valence electrons. The molecule has 0 aliphatic heterocycles. The fourth-order valence-electron chi connectivity index (χ4n) is 1.58. The highest BCUT2D eigenvalue weighted by molar-refractivity contribution is 7.99. The van der Waals surface area contributed by atoms with Crippen molar-refractivity contribution in [1.82, 2.24) is 4.90 Å². The van der Waals surface area contributed by atoms with Gasteiger partial charge in [-0.25, -0.2) is 0 Å². The van der Waals surface area contributed by atoms with Gasteiger partial charge < -0.3 is 10.6 Å². The number of carbonyl (C=O) groups excluding carboxylic acids is 1. The van der Waals surface area contributed by atoms with E-state index in [1.54, 1.807) is 36.8 Å². The number of thioether (sulfide) groups is 1. The third-order valence-corrected chi connectivity index (χ3v) is 3.83. The lowest BCUT2D eigenvalue weighted by Gasteiger charge is -2.12. The van der Waals surface area contributed by atoms with E-state index >= 15 is 0 Å². The van der Waals surface area contributed by atoms with Gasteiger partial charge in [-0.2, -0.15) is 0 Å². The van der Waals surface area contributed by atoms with Gasteiger partial charge in [0, 0.05) is 30.2 Å². The summed E-state index contributed by atoms with van der Waals surface area (Å²) < 4.78 is 0. The monoisotopic (exact) mass is 266 g/mol. The molecule has 0 bridgehead atoms. The molecule has 0 unspecified atom stereocenters. The van der Waals surface area contributed by atoms with E-state index < -0.39 is 0 Å². The van der Waals surface area contributed by atoms with Gasteiger partial charge in [0.15, 0.2) is 0 Å². The van der Waals surface area contributed by atoms with Gasteiger partial charge in [0.2, 0.25) is 0 Å². The number of hydrogen-bond acceptors (Lipinski definition) is 3. The van der Waals surface area contributed by atoms with E-state index in [4.69, 9.17) is 5.73 Å². The Labute approximate surface area is 114 Å². The first-order chi connectivity index (χ1) is 8.56. The number of unbranched alkanes of at least 4 members (excludes halogenated alkanes) is 2. The molecule has 0 atom stereocenters. The largest absolute Gasteiger partial charge is 0.398 e. The third kappa shape index (κ3) is 4.26. The number of rotatable bonds is 6. The first-order valence-electron chi connectivity index (χ1n) is 6.30. The van der Waals surface area contributed by atoms with Gasteiger partial charge in [-0.05, 0) is 30.4 Å². The van der Waals surface area contributed by atoms with Crippen LogP contribution in [0.25, 0.3) is 0 Å². The van der Waals surface area contributed by atoms with Crippen molar-refractivity contribution in [3.05, 3.63) is 23.8 Å². The average Bonchev–Trinajstić information content (AvgIpc) is 2.35. The highest BCUT2D eigenvalue weighted by atomic mass is 32.2. The fourth-order valence-corrected chi connectivity index (χ4v) is 2.60. The smallest absolute Gasteiger partial charge is 0.253 e. The molecule has 1 rings (SSSR count). The molecule has 1 aromatic carbocycles. The molecular formula is C14H22N2OS. The summed E-state index contributed by atoms with van der Waals surface area (Å²) in [6, 6.07) is 5.50. The molecule has 2 N–H and O–H groups in total. The van der Waals surface area contributed by atoms with Crippen molar-refractivity contribution in [2.75, 3.05) is 25.6 Å². The van der Waals surface area contributed by atoms with Crippen LogP contribution in [0.2, 0.25) is 0 Å². The molecule has 3 nitrogen and oxygen atoms in total. The van der Waals surface area contributed by atoms with Crippen LogP contribution < -0.4 is 5.73 Å². The average molecular weight is 266 g/mol. The van der Waals surface area contributed by atoms with Crippen molar-refractivity contribution in [3.8, 4) is 0 Å². The molecule has 1 amide bonds. The van der Waals surface area contributed by atoms with Crippen LogP contribution in [0.3, 0.4) is 0 Å². The zero-order valence-corrected chi connectivity index (χ0v) is 12.2. The summed E-state index contributed by atoms with van der Waals surface area (Å²) in [6.45, 7) is 2.19. The predicted octanol–water partition coefficient (Wildman–Crippen LogP) is 3.25. The van der Waals surface area contributed by atoms with Gasteiger partial charge in [0.25, 0.3) is 5.91 Å². The van der Waals surface area contributed by atoms with Crippen molar-refractivity contribution in [3.63, 3.8) is 0 Å². The first-order valence-corrected chi connectivity index (χ1v) is 7.28. The number of anilines is 1. The van der Waals surface area contributed by atoms with Crippen LogP contribution in [0, 0.1) is 0 Å². The quantitative estimate of drug-likeness (QED) is 0.488. The number of nitrogens with two attached hydrogens (primary N) is 1. The lowest BCUT2D eigenvalue weighted by Crippen LogP contribution is -2.21. The molecule has 1 aromatic rings. The first kappa shape index (κ1) is 14.9. The fraction of sp³-hybridized carbons (Fsp3) is 0.500. The second-order valence-corrected chi connectivity index (χ2v) is 5.64. The summed E-state index contributed by atoms with van der Waals surface area (Å²) >= 11 is 1.73. The summed E-state index contributed by atoms with van der Waals surface area (Å²) in [4.78, 5) is 14.5. The molecule has 18 heavy (non-hydrogen) atoms. The van der Waals surface area contributed by atoms with Crippen molar-refractivity contribution in [2.45, 2.75) is 31.1 Å². The highest BCUT2D eigenvalue weighted by Gasteiger charge is 2.10. The summed E-state index contributed by atoms with van der Waals surface area (Å²) in [5.74, 6) is 1.07. The number of hydrogen-bond donors (Lipinski definition) is 1. The lowest BCUT2D eigenvalue weighted by molar-refractivity contribution is 0.0827. The molecule has 0 saturated carbocycles. The highest BCUT2D eigenvalue weighted by Crippen LogP contribution is 2.27. The topological polar surface area (TPSA) is 46.3 Å². The van der Waals surface area contributed by atoms with E-state index in [0.29, 0.717) is 5.56 Å². The van der Waals surface area contributed by atoms with Crippen molar-refractivity contribution in [1.29, 1.82) is 0 Å². The summed E-state index contributed by atoms with van der Waals surface area (Å²) in [5.41, 5.74) is 7.39. The zero-order chi connectivity index (χ0) is 13.5. The van der Waals surface area contributed by atoms with Crippen LogP contribution in [0.4, 0.5) is 5.69 Å². The molecule has 0 heterocycles. The maximum atomic E-state index is 11.9. The van der Waals surface area contributed by atoms with E-state index in [1.165, 1.54) is 19.3 Å². The Morgan fingerprint density at radius 1 is 1.33 bits per heavy atom. The van der Waals surface area contributed by atoms with E-state index in [9.17, 15) is 4.79 Å². The van der Waals surface area contributed by atoms with E-state index in [1.807, 2.05) is 12.1 Å². The van der Waals surface area contributed by atoms with E-state index in [0.717, 1.165) is 16.3 Å². The van der Waals surface area contributed by atoms with E-state index in [-0.39, 0.29) is 5.91 Å². The maximum absolute atomic E-state index is 11.9. The molecule has 0 aromatic heterocycles. The molecule has 0 aliphatic rings. The van der Waals surface area contributed by atoms with Crippen LogP contribution in [-0.2, 0) is 0 Å². The van der Waals surface area contributed by atoms with Gasteiger partial charge in [-0.3, -0.25) is 4.79 Å². The molecule has 0 saturated heterocycles. The van der Waals surface area contributed by atoms with Crippen molar-refractivity contribution < 1.29 is 4.79 Å². The Hall–Kier alpha value is -1.16. The standard InChI is InChI=1S/C14H22N2OS/c1-4-5-6-9-18-13-10-11(7-8-12(13)15)14(17)16(2)3/h7-8,10H,4-6,9,15H2,1-3H3. The number of nitrogen functional groups attached to an aromatic ring is 1. The molecule has 0 aliphatic carbocycles. The molecule has 0 spiro atoms. The SMILES string of the molecule is CCCCCSc1cc(C(=O)N(C)C)ccc1N. The minimum atomic E-state index is 0.0189. The van der Waals surface area contributed by atoms with Gasteiger partial charge in [0.1, 0.15) is 0 Å². The minimum absolute atomic E-state index is 0.0189. The second kappa shape index (κ2) is 7.31. The van der Waals surface area contributed by atoms with Gasteiger partial charge in [-0.1, -0.05) is 19.8 Å². The van der Waals surface area contributed by atoms with Crippen molar-refractivity contribution in [2.24, 2.45) is 0 Å². The summed E-state index contributed by atoms with van der Waals surface area (Å²) in [5, 5.41) is 0. The Kier molecular flexibility index (Phi) is 6.05. The lowest BCUT2D eigenvalue weighted by atomic mass is 10.2. The Morgan fingerprint density at radius 2 is 2.06 bits per heavy atom. The van der Waals surface area contributed by atoms with Gasteiger partial charge in [0.05, 0.1) is 0 Å². The Bertz CT molecular complexity index is 405. The molecular weight excluding hydrogens is 244 g/mol. The van der Waals surface area contributed by atoms with Crippen LogP contribution in [0.5, 0.6) is 0 Å². The normalized spacial score (nSPS) is 10.4. The van der Waals surface area contributed by atoms with E-state index in [2.05, 4.69) is 6.92 Å². The number of benzene rings is 1. The number of amides is 1. The Morgan fingerprint density at radius 3 is 2.67 bits per heavy atom. The van der Waals surface area contributed by atoms with Crippen LogP contribution >= 0.6 is 11.8 Å².